The number of nitrogen functional groups attached to an aromatic ring is 1. The van der Waals surface area contributed by atoms with Crippen LogP contribution in [-0.4, -0.2) is 0 Å². The molecule has 2 fully saturated rings. The van der Waals surface area contributed by atoms with Gasteiger partial charge in [0.25, 0.3) is 0 Å². The van der Waals surface area contributed by atoms with E-state index in [1.54, 1.807) is 5.56 Å². The van der Waals surface area contributed by atoms with Crippen LogP contribution in [0.5, 0.6) is 0 Å². The molecule has 3 aliphatic carbocycles. The molecule has 0 amide bonds. The molecule has 0 heterocycles. The molecule has 1 unspecified atom stereocenters. The van der Waals surface area contributed by atoms with Crippen molar-refractivity contribution < 1.29 is 0 Å². The molecule has 0 bridgehead atoms. The van der Waals surface area contributed by atoms with Crippen molar-refractivity contribution in [1.29, 1.82) is 0 Å². The quantitative estimate of drug-likeness (QED) is 0.458. The minimum atomic E-state index is 0.555. The number of anilines is 1. The van der Waals surface area contributed by atoms with Crippen LogP contribution in [0, 0.1) is 0 Å². The molecule has 0 aromatic heterocycles. The minimum absolute atomic E-state index is 0.555. The maximum Gasteiger partial charge on any atom is 0.0388 e. The Balaban J connectivity index is 1.72. The molecule has 0 aliphatic heterocycles. The Morgan fingerprint density at radius 2 is 1.32 bits per heavy atom. The van der Waals surface area contributed by atoms with Gasteiger partial charge in [-0.25, -0.2) is 0 Å². The highest BCUT2D eigenvalue weighted by atomic mass is 14.6. The lowest BCUT2D eigenvalue weighted by Crippen LogP contribution is -2.14. The molecule has 25 heavy (non-hydrogen) atoms. The van der Waals surface area contributed by atoms with Crippen LogP contribution in [0.4, 0.5) is 5.69 Å². The summed E-state index contributed by atoms with van der Waals surface area (Å²) in [5.74, 6) is 2.05. The van der Waals surface area contributed by atoms with Crippen molar-refractivity contribution in [2.45, 2.75) is 101 Å². The Morgan fingerprint density at radius 1 is 0.680 bits per heavy atom. The van der Waals surface area contributed by atoms with Crippen LogP contribution in [0.15, 0.2) is 24.3 Å². The highest BCUT2D eigenvalue weighted by Crippen LogP contribution is 2.44. The largest absolute Gasteiger partial charge is 0.398 e. The first kappa shape index (κ1) is 17.2. The first-order chi connectivity index (χ1) is 12.3. The SMILES string of the molecule is Nc1c(C2C=CCCC2)cc(C2CCCCC2)cc1C1CCCCC1. The number of nitrogens with two attached hydrogens (primary N) is 1. The Hall–Kier alpha value is -1.24. The normalized spacial score (nSPS) is 26.0. The maximum atomic E-state index is 6.81. The van der Waals surface area contributed by atoms with Crippen molar-refractivity contribution in [3.63, 3.8) is 0 Å². The third-order valence-corrected chi connectivity index (χ3v) is 7.04. The summed E-state index contributed by atoms with van der Waals surface area (Å²) in [6.07, 6.45) is 22.5. The molecule has 0 saturated heterocycles. The van der Waals surface area contributed by atoms with E-state index >= 15 is 0 Å². The Kier molecular flexibility index (Phi) is 5.48. The van der Waals surface area contributed by atoms with E-state index in [1.807, 2.05) is 0 Å². The van der Waals surface area contributed by atoms with E-state index < -0.39 is 0 Å². The lowest BCUT2D eigenvalue weighted by atomic mass is 9.76. The van der Waals surface area contributed by atoms with Crippen molar-refractivity contribution in [1.82, 2.24) is 0 Å². The molecule has 0 spiro atoms. The van der Waals surface area contributed by atoms with Gasteiger partial charge in [0, 0.05) is 11.6 Å². The summed E-state index contributed by atoms with van der Waals surface area (Å²) in [6.45, 7) is 0. The zero-order valence-corrected chi connectivity index (χ0v) is 15.8. The smallest absolute Gasteiger partial charge is 0.0388 e. The third-order valence-electron chi connectivity index (χ3n) is 7.04. The van der Waals surface area contributed by atoms with E-state index in [1.165, 1.54) is 94.6 Å². The fraction of sp³-hybridized carbons (Fsp3) is 0.667. The molecular weight excluding hydrogens is 302 g/mol. The van der Waals surface area contributed by atoms with Crippen molar-refractivity contribution >= 4 is 5.69 Å². The summed E-state index contributed by atoms with van der Waals surface area (Å²) in [7, 11) is 0. The van der Waals surface area contributed by atoms with Crippen molar-refractivity contribution in [3.05, 3.63) is 41.0 Å². The van der Waals surface area contributed by atoms with Gasteiger partial charge in [0.2, 0.25) is 0 Å². The van der Waals surface area contributed by atoms with Gasteiger partial charge in [-0.3, -0.25) is 0 Å². The highest BCUT2D eigenvalue weighted by Gasteiger charge is 2.25. The average molecular weight is 338 g/mol. The summed E-state index contributed by atoms with van der Waals surface area (Å²) < 4.78 is 0. The summed E-state index contributed by atoms with van der Waals surface area (Å²) >= 11 is 0. The molecular formula is C24H35N. The first-order valence-corrected chi connectivity index (χ1v) is 10.9. The van der Waals surface area contributed by atoms with Gasteiger partial charge in [0.05, 0.1) is 0 Å². The van der Waals surface area contributed by atoms with Gasteiger partial charge < -0.3 is 5.73 Å². The zero-order chi connectivity index (χ0) is 17.1. The van der Waals surface area contributed by atoms with Crippen LogP contribution in [0.1, 0.15) is 118 Å². The van der Waals surface area contributed by atoms with Crippen LogP contribution in [-0.2, 0) is 0 Å². The van der Waals surface area contributed by atoms with Crippen LogP contribution in [0.2, 0.25) is 0 Å². The molecule has 4 rings (SSSR count). The lowest BCUT2D eigenvalue weighted by molar-refractivity contribution is 0.435. The van der Waals surface area contributed by atoms with Gasteiger partial charge in [0.15, 0.2) is 0 Å². The van der Waals surface area contributed by atoms with E-state index in [0.29, 0.717) is 11.8 Å². The number of rotatable bonds is 3. The van der Waals surface area contributed by atoms with E-state index in [9.17, 15) is 0 Å². The molecule has 0 radical (unpaired) electrons. The molecule has 1 heteroatoms. The number of benzene rings is 1. The van der Waals surface area contributed by atoms with Gasteiger partial charge in [-0.1, -0.05) is 62.8 Å². The molecule has 1 aromatic carbocycles. The topological polar surface area (TPSA) is 26.0 Å². The first-order valence-electron chi connectivity index (χ1n) is 10.9. The van der Waals surface area contributed by atoms with E-state index in [0.717, 1.165) is 11.6 Å². The lowest BCUT2D eigenvalue weighted by Gasteiger charge is -2.30. The highest BCUT2D eigenvalue weighted by molar-refractivity contribution is 5.60. The second-order valence-electron chi connectivity index (χ2n) is 8.75. The minimum Gasteiger partial charge on any atom is -0.398 e. The van der Waals surface area contributed by atoms with Crippen LogP contribution < -0.4 is 5.73 Å². The summed E-state index contributed by atoms with van der Waals surface area (Å²) in [4.78, 5) is 0. The second-order valence-corrected chi connectivity index (χ2v) is 8.75. The van der Waals surface area contributed by atoms with Crippen molar-refractivity contribution in [3.8, 4) is 0 Å². The van der Waals surface area contributed by atoms with Crippen molar-refractivity contribution in [2.24, 2.45) is 0 Å². The number of allylic oxidation sites excluding steroid dienone is 2. The molecule has 3 aliphatic rings. The number of hydrogen-bond donors (Lipinski definition) is 1. The predicted octanol–water partition coefficient (Wildman–Crippen LogP) is 7.19. The van der Waals surface area contributed by atoms with Gasteiger partial charge >= 0.3 is 0 Å². The molecule has 136 valence electrons. The van der Waals surface area contributed by atoms with E-state index in [4.69, 9.17) is 5.73 Å². The molecule has 1 atom stereocenters. The fourth-order valence-corrected chi connectivity index (χ4v) is 5.52. The van der Waals surface area contributed by atoms with Gasteiger partial charge in [-0.05, 0) is 73.5 Å². The van der Waals surface area contributed by atoms with Crippen molar-refractivity contribution in [2.75, 3.05) is 5.73 Å². The van der Waals surface area contributed by atoms with E-state index in [2.05, 4.69) is 24.3 Å². The molecule has 2 saturated carbocycles. The predicted molar refractivity (Wildman–Crippen MR) is 108 cm³/mol. The summed E-state index contributed by atoms with van der Waals surface area (Å²) in [5.41, 5.74) is 12.5. The summed E-state index contributed by atoms with van der Waals surface area (Å²) in [6, 6.07) is 5.05. The molecule has 1 nitrogen and oxygen atoms in total. The average Bonchev–Trinajstić information content (AvgIpc) is 2.70. The fourth-order valence-electron chi connectivity index (χ4n) is 5.52. The zero-order valence-electron chi connectivity index (χ0n) is 15.8. The Labute approximate surface area is 154 Å². The van der Waals surface area contributed by atoms with Gasteiger partial charge in [0.1, 0.15) is 0 Å². The van der Waals surface area contributed by atoms with Gasteiger partial charge in [-0.2, -0.15) is 0 Å². The molecule has 2 N–H and O–H groups in total. The number of hydrogen-bond acceptors (Lipinski definition) is 1. The van der Waals surface area contributed by atoms with Crippen LogP contribution in [0.25, 0.3) is 0 Å². The maximum absolute atomic E-state index is 6.81. The second kappa shape index (κ2) is 7.98. The Bertz CT molecular complexity index is 603. The van der Waals surface area contributed by atoms with Crippen LogP contribution in [0.3, 0.4) is 0 Å². The Morgan fingerprint density at radius 3 is 1.96 bits per heavy atom. The van der Waals surface area contributed by atoms with Crippen LogP contribution >= 0.6 is 0 Å². The monoisotopic (exact) mass is 337 g/mol. The van der Waals surface area contributed by atoms with E-state index in [-0.39, 0.29) is 0 Å². The standard InChI is InChI=1S/C24H35N/c25-24-22(19-12-6-2-7-13-19)16-21(18-10-4-1-5-11-18)17-23(24)20-14-8-3-9-15-20/h6,12,16-20H,1-5,7-11,13-15,25H2. The van der Waals surface area contributed by atoms with Gasteiger partial charge in [-0.15, -0.1) is 0 Å². The third kappa shape index (κ3) is 3.81. The molecule has 1 aromatic rings. The summed E-state index contributed by atoms with van der Waals surface area (Å²) in [5, 5.41) is 0.